The molecule has 0 fully saturated rings. The lowest BCUT2D eigenvalue weighted by Gasteiger charge is -2.10. The van der Waals surface area contributed by atoms with Crippen molar-refractivity contribution in [2.24, 2.45) is 0 Å². The molecular weight excluding hydrogens is 300 g/mol. The fraction of sp³-hybridized carbons (Fsp3) is 0.188. The highest BCUT2D eigenvalue weighted by molar-refractivity contribution is 8.00. The number of nitrogens with two attached hydrogens (primary N) is 1. The summed E-state index contributed by atoms with van der Waals surface area (Å²) in [6, 6.07) is 13.5. The third kappa shape index (κ3) is 4.44. The molecular formula is C16H18N2OS2. The summed E-state index contributed by atoms with van der Waals surface area (Å²) in [5.41, 5.74) is 8.49. The molecule has 0 heterocycles. The average molecular weight is 318 g/mol. The number of nitrogen functional groups attached to an aromatic ring is 1. The molecule has 3 N–H and O–H groups in total. The average Bonchev–Trinajstić information content (AvgIpc) is 2.49. The van der Waals surface area contributed by atoms with Crippen molar-refractivity contribution < 1.29 is 4.79 Å². The van der Waals surface area contributed by atoms with Crippen LogP contribution >= 0.6 is 23.5 Å². The van der Waals surface area contributed by atoms with E-state index >= 15 is 0 Å². The normalized spacial score (nSPS) is 10.4. The van der Waals surface area contributed by atoms with E-state index < -0.39 is 0 Å². The van der Waals surface area contributed by atoms with Crippen LogP contribution in [0, 0.1) is 6.92 Å². The predicted octanol–water partition coefficient (Wildman–Crippen LogP) is 4.03. The van der Waals surface area contributed by atoms with Crippen molar-refractivity contribution >= 4 is 40.8 Å². The van der Waals surface area contributed by atoms with Crippen LogP contribution in [0.5, 0.6) is 0 Å². The topological polar surface area (TPSA) is 55.1 Å². The number of para-hydroxylation sites is 1. The minimum Gasteiger partial charge on any atom is -0.399 e. The monoisotopic (exact) mass is 318 g/mol. The molecule has 21 heavy (non-hydrogen) atoms. The lowest BCUT2D eigenvalue weighted by molar-refractivity contribution is -0.113. The number of nitrogens with one attached hydrogen (secondary N) is 1. The minimum atomic E-state index is -0.0108. The van der Waals surface area contributed by atoms with Gasteiger partial charge in [-0.25, -0.2) is 0 Å². The molecule has 0 spiro atoms. The van der Waals surface area contributed by atoms with Crippen molar-refractivity contribution in [2.75, 3.05) is 23.1 Å². The Kier molecular flexibility index (Phi) is 5.59. The van der Waals surface area contributed by atoms with E-state index in [9.17, 15) is 4.79 Å². The molecule has 110 valence electrons. The number of aryl methyl sites for hydroxylation is 1. The standard InChI is InChI=1S/C16H18N2OS2/c1-11-7-8-12(17)9-15(11)21-10-16(19)18-13-5-3-4-6-14(13)20-2/h3-9H,10,17H2,1-2H3,(H,18,19). The third-order valence-corrected chi connectivity index (χ3v) is 4.91. The number of hydrogen-bond donors (Lipinski definition) is 2. The van der Waals surface area contributed by atoms with E-state index in [4.69, 9.17) is 5.73 Å². The molecule has 0 bridgehead atoms. The van der Waals surface area contributed by atoms with Crippen molar-refractivity contribution in [1.82, 2.24) is 0 Å². The molecule has 0 saturated carbocycles. The molecule has 5 heteroatoms. The molecule has 2 aromatic rings. The van der Waals surface area contributed by atoms with E-state index in [1.54, 1.807) is 11.8 Å². The molecule has 0 atom stereocenters. The summed E-state index contributed by atoms with van der Waals surface area (Å²) in [5, 5.41) is 2.95. The van der Waals surface area contributed by atoms with Gasteiger partial charge in [0.2, 0.25) is 5.91 Å². The second-order valence-corrected chi connectivity index (χ2v) is 6.43. The molecule has 0 aliphatic carbocycles. The maximum absolute atomic E-state index is 12.1. The zero-order chi connectivity index (χ0) is 15.2. The van der Waals surface area contributed by atoms with Crippen LogP contribution in [-0.2, 0) is 4.79 Å². The van der Waals surface area contributed by atoms with E-state index in [0.717, 1.165) is 26.7 Å². The Morgan fingerprint density at radius 1 is 1.19 bits per heavy atom. The van der Waals surface area contributed by atoms with Crippen LogP contribution in [-0.4, -0.2) is 17.9 Å². The van der Waals surface area contributed by atoms with E-state index in [2.05, 4.69) is 5.32 Å². The van der Waals surface area contributed by atoms with Crippen LogP contribution in [0.4, 0.5) is 11.4 Å². The number of carbonyl (C=O) groups is 1. The summed E-state index contributed by atoms with van der Waals surface area (Å²) in [6.07, 6.45) is 2.00. The molecule has 0 aromatic heterocycles. The zero-order valence-electron chi connectivity index (χ0n) is 12.1. The molecule has 0 unspecified atom stereocenters. The second-order valence-electron chi connectivity index (χ2n) is 4.56. The van der Waals surface area contributed by atoms with Gasteiger partial charge in [0.25, 0.3) is 0 Å². The minimum absolute atomic E-state index is 0.0108. The van der Waals surface area contributed by atoms with Crippen molar-refractivity contribution in [1.29, 1.82) is 0 Å². The van der Waals surface area contributed by atoms with Crippen molar-refractivity contribution in [3.63, 3.8) is 0 Å². The number of amides is 1. The highest BCUT2D eigenvalue weighted by Crippen LogP contribution is 2.27. The van der Waals surface area contributed by atoms with Gasteiger partial charge in [-0.05, 0) is 43.0 Å². The Morgan fingerprint density at radius 2 is 1.95 bits per heavy atom. The zero-order valence-corrected chi connectivity index (χ0v) is 13.7. The molecule has 2 rings (SSSR count). The second kappa shape index (κ2) is 7.43. The largest absolute Gasteiger partial charge is 0.399 e. The smallest absolute Gasteiger partial charge is 0.234 e. The first kappa shape index (κ1) is 15.8. The lowest BCUT2D eigenvalue weighted by Crippen LogP contribution is -2.14. The van der Waals surface area contributed by atoms with Crippen LogP contribution in [0.1, 0.15) is 5.56 Å². The van der Waals surface area contributed by atoms with Gasteiger partial charge in [0.15, 0.2) is 0 Å². The lowest BCUT2D eigenvalue weighted by atomic mass is 10.2. The van der Waals surface area contributed by atoms with Gasteiger partial charge in [-0.1, -0.05) is 18.2 Å². The summed E-state index contributed by atoms with van der Waals surface area (Å²) >= 11 is 3.12. The van der Waals surface area contributed by atoms with Gasteiger partial charge < -0.3 is 11.1 Å². The summed E-state index contributed by atoms with van der Waals surface area (Å²) in [6.45, 7) is 2.02. The van der Waals surface area contributed by atoms with Gasteiger partial charge >= 0.3 is 0 Å². The van der Waals surface area contributed by atoms with Gasteiger partial charge in [-0.15, -0.1) is 23.5 Å². The van der Waals surface area contributed by atoms with Gasteiger partial charge in [-0.3, -0.25) is 4.79 Å². The summed E-state index contributed by atoms with van der Waals surface area (Å²) in [5.74, 6) is 0.357. The first-order chi connectivity index (χ1) is 10.1. The van der Waals surface area contributed by atoms with E-state index in [1.165, 1.54) is 11.8 Å². The highest BCUT2D eigenvalue weighted by atomic mass is 32.2. The fourth-order valence-electron chi connectivity index (χ4n) is 1.85. The number of thioether (sulfide) groups is 2. The number of rotatable bonds is 5. The summed E-state index contributed by atoms with van der Waals surface area (Å²) in [7, 11) is 0. The van der Waals surface area contributed by atoms with Crippen LogP contribution < -0.4 is 11.1 Å². The highest BCUT2D eigenvalue weighted by Gasteiger charge is 2.08. The van der Waals surface area contributed by atoms with Crippen molar-refractivity contribution in [2.45, 2.75) is 16.7 Å². The Hall–Kier alpha value is -1.59. The molecule has 0 aliphatic rings. The molecule has 1 amide bonds. The predicted molar refractivity (Wildman–Crippen MR) is 93.2 cm³/mol. The van der Waals surface area contributed by atoms with Gasteiger partial charge in [0, 0.05) is 15.5 Å². The molecule has 3 nitrogen and oxygen atoms in total. The van der Waals surface area contributed by atoms with Crippen LogP contribution in [0.25, 0.3) is 0 Å². The van der Waals surface area contributed by atoms with E-state index in [0.29, 0.717) is 5.75 Å². The van der Waals surface area contributed by atoms with Gasteiger partial charge in [-0.2, -0.15) is 0 Å². The fourth-order valence-corrected chi connectivity index (χ4v) is 3.28. The SMILES string of the molecule is CSc1ccccc1NC(=O)CSc1cc(N)ccc1C. The molecule has 0 aliphatic heterocycles. The number of carbonyl (C=O) groups excluding carboxylic acids is 1. The van der Waals surface area contributed by atoms with E-state index in [1.807, 2.05) is 55.6 Å². The Bertz CT molecular complexity index is 644. The van der Waals surface area contributed by atoms with Crippen LogP contribution in [0.3, 0.4) is 0 Å². The first-order valence-electron chi connectivity index (χ1n) is 6.52. The summed E-state index contributed by atoms with van der Waals surface area (Å²) in [4.78, 5) is 14.2. The Balaban J connectivity index is 1.97. The molecule has 2 aromatic carbocycles. The maximum Gasteiger partial charge on any atom is 0.234 e. The Labute approximate surface area is 133 Å². The number of anilines is 2. The quantitative estimate of drug-likeness (QED) is 0.645. The van der Waals surface area contributed by atoms with Crippen molar-refractivity contribution in [3.8, 4) is 0 Å². The molecule has 0 saturated heterocycles. The van der Waals surface area contributed by atoms with E-state index in [-0.39, 0.29) is 5.91 Å². The van der Waals surface area contributed by atoms with Crippen LogP contribution in [0.15, 0.2) is 52.3 Å². The maximum atomic E-state index is 12.1. The van der Waals surface area contributed by atoms with Gasteiger partial charge in [0.05, 0.1) is 11.4 Å². The van der Waals surface area contributed by atoms with Crippen LogP contribution in [0.2, 0.25) is 0 Å². The number of benzene rings is 2. The van der Waals surface area contributed by atoms with Crippen molar-refractivity contribution in [3.05, 3.63) is 48.0 Å². The van der Waals surface area contributed by atoms with Gasteiger partial charge in [0.1, 0.15) is 0 Å². The Morgan fingerprint density at radius 3 is 2.71 bits per heavy atom. The third-order valence-electron chi connectivity index (χ3n) is 2.95. The molecule has 0 radical (unpaired) electrons. The summed E-state index contributed by atoms with van der Waals surface area (Å²) < 4.78 is 0. The number of hydrogen-bond acceptors (Lipinski definition) is 4. The first-order valence-corrected chi connectivity index (χ1v) is 8.73.